The van der Waals surface area contributed by atoms with E-state index in [1.54, 1.807) is 12.1 Å². The molecule has 1 N–H and O–H groups in total. The van der Waals surface area contributed by atoms with Crippen molar-refractivity contribution in [3.63, 3.8) is 0 Å². The molecule has 0 heterocycles. The maximum Gasteiger partial charge on any atom is 0.338 e. The van der Waals surface area contributed by atoms with E-state index < -0.39 is 10.9 Å². The Morgan fingerprint density at radius 2 is 1.86 bits per heavy atom. The Labute approximate surface area is 250 Å². The zero-order chi connectivity index (χ0) is 30.7. The fraction of sp³-hybridized carbons (Fsp3) is 0.735. The second-order valence-corrected chi connectivity index (χ2v) is 14.4. The lowest BCUT2D eigenvalue weighted by molar-refractivity contribution is -0.384. The van der Waals surface area contributed by atoms with E-state index in [0.717, 1.165) is 54.8 Å². The number of nitro groups is 1. The second kappa shape index (κ2) is 13.3. The molecule has 0 saturated heterocycles. The zero-order valence-electron chi connectivity index (χ0n) is 26.1. The van der Waals surface area contributed by atoms with Crippen molar-refractivity contribution in [2.45, 2.75) is 111 Å². The Bertz CT molecular complexity index is 1170. The molecule has 0 bridgehead atoms. The van der Waals surface area contributed by atoms with Gasteiger partial charge in [0, 0.05) is 18.6 Å². The summed E-state index contributed by atoms with van der Waals surface area (Å²) in [6, 6.07) is 5.87. The lowest BCUT2D eigenvalue weighted by Gasteiger charge is -2.58. The molecule has 0 radical (unpaired) electrons. The van der Waals surface area contributed by atoms with Crippen LogP contribution in [-0.4, -0.2) is 22.2 Å². The van der Waals surface area contributed by atoms with Gasteiger partial charge in [-0.3, -0.25) is 10.1 Å². The number of ether oxygens (including phenoxy) is 1. The molecule has 8 atom stereocenters. The van der Waals surface area contributed by atoms with Crippen molar-refractivity contribution in [3.8, 4) is 0 Å². The van der Waals surface area contributed by atoms with E-state index in [1.807, 2.05) is 0 Å². The van der Waals surface area contributed by atoms with Crippen LogP contribution >= 0.6 is 0 Å². The molecular weight excluding hydrogens is 532 g/mol. The van der Waals surface area contributed by atoms with E-state index >= 15 is 0 Å². The minimum absolute atomic E-state index is 0.0786. The number of fused-ring (bicyclic) bond motifs is 5. The number of rotatable bonds is 8. The highest BCUT2D eigenvalue weighted by atomic mass is 16.6. The van der Waals surface area contributed by atoms with Crippen molar-refractivity contribution in [1.29, 1.82) is 0 Å². The number of carbonyl (C=O) groups is 1. The number of nitro benzene ring substituents is 1. The third-order valence-corrected chi connectivity index (χ3v) is 11.8. The summed E-state index contributed by atoms with van der Waals surface area (Å²) in [5.41, 5.74) is 2.37. The Morgan fingerprint density at radius 3 is 2.55 bits per heavy atom. The normalized spacial score (nSPS) is 34.0. The van der Waals surface area contributed by atoms with Gasteiger partial charge in [0.25, 0.3) is 5.69 Å². The summed E-state index contributed by atoms with van der Waals surface area (Å²) in [5, 5.41) is 19.0. The van der Waals surface area contributed by atoms with E-state index in [0.29, 0.717) is 5.41 Å². The van der Waals surface area contributed by atoms with Gasteiger partial charge < -0.3 is 9.94 Å². The van der Waals surface area contributed by atoms with Crippen molar-refractivity contribution in [3.05, 3.63) is 56.5 Å². The fourth-order valence-corrected chi connectivity index (χ4v) is 9.72. The summed E-state index contributed by atoms with van der Waals surface area (Å²) < 4.78 is 5.91. The first-order valence-corrected chi connectivity index (χ1v) is 16.1. The molecule has 4 aliphatic rings. The van der Waals surface area contributed by atoms with Crippen molar-refractivity contribution in [2.24, 2.45) is 51.7 Å². The number of non-ortho nitro benzene ring substituents is 1. The number of carbonyl (C=O) groups excluding carboxylic acids is 1. The standard InChI is InChI=1S/C34H49NO4.HNO2/c1-22(2)8-6-9-23(3)29-14-15-30-28-13-12-25-21-27(16-18-33(25,4)31(28)17-19-34(29,30)5)39-32(36)24-10-7-11-26(20-24)35(37)38;2-1-3/h7,10-12,20,22-23,27-31H,6,8-9,13-19,21H2,1-5H3;(H,2,3)/t23-,27+,28?,29-,30?,31?,33+,34-;/m1./s1. The summed E-state index contributed by atoms with van der Waals surface area (Å²) in [4.78, 5) is 31.6. The van der Waals surface area contributed by atoms with Crippen LogP contribution in [0.3, 0.4) is 0 Å². The van der Waals surface area contributed by atoms with Crippen LogP contribution in [0.4, 0.5) is 5.69 Å². The van der Waals surface area contributed by atoms with Crippen LogP contribution in [0.2, 0.25) is 0 Å². The van der Waals surface area contributed by atoms with Gasteiger partial charge in [0.2, 0.25) is 0 Å². The number of hydrogen-bond acceptors (Lipinski definition) is 6. The Kier molecular flexibility index (Phi) is 10.1. The first kappa shape index (κ1) is 32.2. The van der Waals surface area contributed by atoms with Gasteiger partial charge in [-0.2, -0.15) is 0 Å². The van der Waals surface area contributed by atoms with Crippen LogP contribution in [0.1, 0.15) is 116 Å². The quantitative estimate of drug-likeness (QED) is 0.107. The molecule has 0 spiro atoms. The molecule has 8 nitrogen and oxygen atoms in total. The van der Waals surface area contributed by atoms with E-state index in [-0.39, 0.29) is 22.8 Å². The summed E-state index contributed by atoms with van der Waals surface area (Å²) in [5.74, 6) is 4.42. The predicted molar refractivity (Wildman–Crippen MR) is 163 cm³/mol. The third kappa shape index (κ3) is 6.42. The fourth-order valence-electron chi connectivity index (χ4n) is 9.72. The number of hydrogen-bond donors (Lipinski definition) is 1. The molecule has 0 amide bonds. The SMILES string of the molecule is CC(C)CCC[C@@H](C)[C@H]1CCC2C3CC=C4C[C@@H](OC(=O)c5cccc([N+](=O)[O-])c5)CC[C@]4(C)C3CC[C@@]21C.O=NO. The Hall–Kier alpha value is -2.77. The molecule has 232 valence electrons. The summed E-state index contributed by atoms with van der Waals surface area (Å²) in [7, 11) is 0. The molecule has 3 saturated carbocycles. The monoisotopic (exact) mass is 582 g/mol. The second-order valence-electron chi connectivity index (χ2n) is 14.4. The van der Waals surface area contributed by atoms with E-state index in [2.05, 4.69) is 40.7 Å². The molecule has 42 heavy (non-hydrogen) atoms. The van der Waals surface area contributed by atoms with E-state index in [4.69, 9.17) is 14.9 Å². The highest BCUT2D eigenvalue weighted by molar-refractivity contribution is 5.90. The molecule has 5 rings (SSSR count). The van der Waals surface area contributed by atoms with Crippen molar-refractivity contribution in [2.75, 3.05) is 0 Å². The van der Waals surface area contributed by atoms with Gasteiger partial charge in [-0.25, -0.2) is 4.79 Å². The molecule has 8 heteroatoms. The average Bonchev–Trinajstić information content (AvgIpc) is 3.31. The number of benzene rings is 1. The first-order chi connectivity index (χ1) is 19.9. The van der Waals surface area contributed by atoms with Gasteiger partial charge in [-0.05, 0) is 97.3 Å². The topological polar surface area (TPSA) is 119 Å². The maximum atomic E-state index is 12.8. The molecule has 3 fully saturated rings. The van der Waals surface area contributed by atoms with Crippen molar-refractivity contribution in [1.82, 2.24) is 0 Å². The van der Waals surface area contributed by atoms with Crippen LogP contribution in [0.15, 0.2) is 41.3 Å². The van der Waals surface area contributed by atoms with Gasteiger partial charge in [-0.15, -0.1) is 4.91 Å². The first-order valence-electron chi connectivity index (χ1n) is 16.1. The van der Waals surface area contributed by atoms with Crippen LogP contribution in [0.25, 0.3) is 0 Å². The minimum Gasteiger partial charge on any atom is -0.458 e. The predicted octanol–water partition coefficient (Wildman–Crippen LogP) is 9.30. The Balaban J connectivity index is 0.00000129. The molecule has 0 aromatic heterocycles. The summed E-state index contributed by atoms with van der Waals surface area (Å²) >= 11 is 0. The Morgan fingerprint density at radius 1 is 1.12 bits per heavy atom. The van der Waals surface area contributed by atoms with Crippen LogP contribution in [0, 0.1) is 61.4 Å². The summed E-state index contributed by atoms with van der Waals surface area (Å²) in [6.45, 7) is 12.4. The van der Waals surface area contributed by atoms with Gasteiger partial charge in [0.1, 0.15) is 6.10 Å². The van der Waals surface area contributed by atoms with Gasteiger partial charge >= 0.3 is 5.97 Å². The number of nitrogens with zero attached hydrogens (tertiary/aromatic N) is 2. The van der Waals surface area contributed by atoms with Gasteiger partial charge in [0.15, 0.2) is 5.34 Å². The largest absolute Gasteiger partial charge is 0.458 e. The maximum absolute atomic E-state index is 12.8. The summed E-state index contributed by atoms with van der Waals surface area (Å²) in [6.07, 6.45) is 15.9. The molecule has 0 aliphatic heterocycles. The van der Waals surface area contributed by atoms with Gasteiger partial charge in [-0.1, -0.05) is 71.6 Å². The highest BCUT2D eigenvalue weighted by Gasteiger charge is 2.59. The molecule has 3 unspecified atom stereocenters. The van der Waals surface area contributed by atoms with Gasteiger partial charge in [0.05, 0.1) is 10.5 Å². The van der Waals surface area contributed by atoms with Crippen LogP contribution < -0.4 is 0 Å². The smallest absolute Gasteiger partial charge is 0.338 e. The lowest BCUT2D eigenvalue weighted by Crippen LogP contribution is -2.51. The van der Waals surface area contributed by atoms with Crippen LogP contribution in [0.5, 0.6) is 0 Å². The van der Waals surface area contributed by atoms with E-state index in [1.165, 1.54) is 74.4 Å². The zero-order valence-corrected chi connectivity index (χ0v) is 26.1. The molecule has 1 aromatic rings. The molecule has 4 aliphatic carbocycles. The van der Waals surface area contributed by atoms with Crippen molar-refractivity contribution < 1.29 is 19.7 Å². The molecule has 1 aromatic carbocycles. The molecular formula is C34H50N2O6. The number of esters is 1. The average molecular weight is 583 g/mol. The van der Waals surface area contributed by atoms with E-state index in [9.17, 15) is 14.9 Å². The van der Waals surface area contributed by atoms with Crippen molar-refractivity contribution >= 4 is 11.7 Å². The third-order valence-electron chi connectivity index (χ3n) is 11.8. The van der Waals surface area contributed by atoms with Crippen LogP contribution in [-0.2, 0) is 4.74 Å². The minimum atomic E-state index is -0.471. The number of allylic oxidation sites excluding steroid dienone is 1. The lowest BCUT2D eigenvalue weighted by atomic mass is 9.47. The highest BCUT2D eigenvalue weighted by Crippen LogP contribution is 2.67.